The van der Waals surface area contributed by atoms with Gasteiger partial charge in [-0.3, -0.25) is 4.79 Å². The lowest BCUT2D eigenvalue weighted by atomic mass is 10.3. The Morgan fingerprint density at radius 2 is 2.12 bits per heavy atom. The molecule has 5 heteroatoms. The van der Waals surface area contributed by atoms with Crippen LogP contribution in [0.15, 0.2) is 24.3 Å². The van der Waals surface area contributed by atoms with Crippen LogP contribution >= 0.6 is 0 Å². The molecule has 17 heavy (non-hydrogen) atoms. The van der Waals surface area contributed by atoms with Crippen LogP contribution in [0, 0.1) is 0 Å². The summed E-state index contributed by atoms with van der Waals surface area (Å²) >= 11 is 0. The Bertz CT molecular complexity index is 381. The number of ether oxygens (including phenoxy) is 1. The van der Waals surface area contributed by atoms with Gasteiger partial charge < -0.3 is 19.8 Å². The van der Waals surface area contributed by atoms with Gasteiger partial charge in [0, 0.05) is 7.05 Å². The van der Waals surface area contributed by atoms with E-state index in [9.17, 15) is 9.90 Å². The van der Waals surface area contributed by atoms with Crippen LogP contribution in [-0.4, -0.2) is 47.3 Å². The SMILES string of the molecule is CC(CO)N(C)C(=O)COc1ccccc1O. The number of amides is 1. The number of para-hydroxylation sites is 2. The van der Waals surface area contributed by atoms with Crippen LogP contribution in [-0.2, 0) is 4.79 Å². The van der Waals surface area contributed by atoms with Gasteiger partial charge in [-0.25, -0.2) is 0 Å². The summed E-state index contributed by atoms with van der Waals surface area (Å²) in [4.78, 5) is 13.0. The lowest BCUT2D eigenvalue weighted by Crippen LogP contribution is -2.40. The van der Waals surface area contributed by atoms with E-state index in [0.29, 0.717) is 0 Å². The van der Waals surface area contributed by atoms with Crippen LogP contribution in [0.3, 0.4) is 0 Å². The van der Waals surface area contributed by atoms with Gasteiger partial charge in [0.1, 0.15) is 0 Å². The van der Waals surface area contributed by atoms with Gasteiger partial charge in [0.25, 0.3) is 5.91 Å². The second-order valence-corrected chi connectivity index (χ2v) is 3.79. The van der Waals surface area contributed by atoms with E-state index in [1.54, 1.807) is 32.2 Å². The van der Waals surface area contributed by atoms with Crippen LogP contribution in [0.1, 0.15) is 6.92 Å². The van der Waals surface area contributed by atoms with Gasteiger partial charge in [-0.15, -0.1) is 0 Å². The van der Waals surface area contributed by atoms with Crippen LogP contribution in [0.2, 0.25) is 0 Å². The Labute approximate surface area is 100 Å². The summed E-state index contributed by atoms with van der Waals surface area (Å²) in [7, 11) is 1.59. The van der Waals surface area contributed by atoms with Crippen molar-refractivity contribution < 1.29 is 19.7 Å². The highest BCUT2D eigenvalue weighted by Crippen LogP contribution is 2.24. The van der Waals surface area contributed by atoms with E-state index in [-0.39, 0.29) is 36.7 Å². The molecule has 1 aromatic carbocycles. The smallest absolute Gasteiger partial charge is 0.260 e. The Balaban J connectivity index is 2.51. The van der Waals surface area contributed by atoms with E-state index in [0.717, 1.165) is 0 Å². The molecule has 1 unspecified atom stereocenters. The van der Waals surface area contributed by atoms with Gasteiger partial charge >= 0.3 is 0 Å². The Morgan fingerprint density at radius 3 is 2.71 bits per heavy atom. The normalized spacial score (nSPS) is 11.9. The molecular formula is C12H17NO4. The zero-order valence-electron chi connectivity index (χ0n) is 9.96. The number of aromatic hydroxyl groups is 1. The predicted molar refractivity (Wildman–Crippen MR) is 62.9 cm³/mol. The molecule has 2 N–H and O–H groups in total. The molecule has 5 nitrogen and oxygen atoms in total. The minimum Gasteiger partial charge on any atom is -0.504 e. The molecular weight excluding hydrogens is 222 g/mol. The van der Waals surface area contributed by atoms with Crippen molar-refractivity contribution in [3.05, 3.63) is 24.3 Å². The number of hydrogen-bond acceptors (Lipinski definition) is 4. The number of phenolic OH excluding ortho intramolecular Hbond substituents is 1. The first-order chi connectivity index (χ1) is 8.06. The van der Waals surface area contributed by atoms with E-state index in [1.807, 2.05) is 0 Å². The van der Waals surface area contributed by atoms with Gasteiger partial charge in [0.05, 0.1) is 12.6 Å². The van der Waals surface area contributed by atoms with Crippen molar-refractivity contribution in [1.82, 2.24) is 4.90 Å². The number of benzene rings is 1. The molecule has 0 aliphatic rings. The third-order valence-corrected chi connectivity index (χ3v) is 2.54. The molecule has 1 amide bonds. The van der Waals surface area contributed by atoms with Gasteiger partial charge in [-0.2, -0.15) is 0 Å². The minimum absolute atomic E-state index is 0.00170. The van der Waals surface area contributed by atoms with Crippen molar-refractivity contribution in [2.45, 2.75) is 13.0 Å². The molecule has 0 aliphatic carbocycles. The molecule has 0 saturated heterocycles. The molecule has 94 valence electrons. The molecule has 0 aromatic heterocycles. The first-order valence-corrected chi connectivity index (χ1v) is 5.33. The van der Waals surface area contributed by atoms with Crippen molar-refractivity contribution in [2.75, 3.05) is 20.3 Å². The Hall–Kier alpha value is -1.75. The van der Waals surface area contributed by atoms with Crippen molar-refractivity contribution >= 4 is 5.91 Å². The molecule has 0 saturated carbocycles. The molecule has 1 aromatic rings. The monoisotopic (exact) mass is 239 g/mol. The quantitative estimate of drug-likeness (QED) is 0.790. The summed E-state index contributed by atoms with van der Waals surface area (Å²) in [5.41, 5.74) is 0. The van der Waals surface area contributed by atoms with Crippen LogP contribution in [0.25, 0.3) is 0 Å². The highest BCUT2D eigenvalue weighted by molar-refractivity contribution is 5.77. The number of nitrogens with zero attached hydrogens (tertiary/aromatic N) is 1. The van der Waals surface area contributed by atoms with E-state index < -0.39 is 0 Å². The number of likely N-dealkylation sites (N-methyl/N-ethyl adjacent to an activating group) is 1. The third-order valence-electron chi connectivity index (χ3n) is 2.54. The molecule has 0 heterocycles. The van der Waals surface area contributed by atoms with Gasteiger partial charge in [0.15, 0.2) is 18.1 Å². The highest BCUT2D eigenvalue weighted by Gasteiger charge is 2.15. The molecule has 1 rings (SSSR count). The average molecular weight is 239 g/mol. The number of carbonyl (C=O) groups excluding carboxylic acids is 1. The molecule has 1 atom stereocenters. The number of carbonyl (C=O) groups is 1. The maximum absolute atomic E-state index is 11.6. The summed E-state index contributed by atoms with van der Waals surface area (Å²) in [6, 6.07) is 6.19. The summed E-state index contributed by atoms with van der Waals surface area (Å²) < 4.78 is 5.19. The molecule has 0 fully saturated rings. The maximum Gasteiger partial charge on any atom is 0.260 e. The second-order valence-electron chi connectivity index (χ2n) is 3.79. The van der Waals surface area contributed by atoms with Crippen molar-refractivity contribution in [3.8, 4) is 11.5 Å². The second kappa shape index (κ2) is 6.10. The molecule has 0 radical (unpaired) electrons. The molecule has 0 bridgehead atoms. The fourth-order valence-electron chi connectivity index (χ4n) is 1.19. The fourth-order valence-corrected chi connectivity index (χ4v) is 1.19. The van der Waals surface area contributed by atoms with Crippen LogP contribution < -0.4 is 4.74 Å². The summed E-state index contributed by atoms with van der Waals surface area (Å²) in [5, 5.41) is 18.3. The van der Waals surface area contributed by atoms with Crippen LogP contribution in [0.5, 0.6) is 11.5 Å². The molecule has 0 aliphatic heterocycles. The maximum atomic E-state index is 11.6. The lowest BCUT2D eigenvalue weighted by Gasteiger charge is -2.23. The third kappa shape index (κ3) is 3.64. The van der Waals surface area contributed by atoms with E-state index in [1.165, 1.54) is 11.0 Å². The Kier molecular flexibility index (Phi) is 4.78. The van der Waals surface area contributed by atoms with E-state index in [2.05, 4.69) is 0 Å². The van der Waals surface area contributed by atoms with Gasteiger partial charge in [-0.1, -0.05) is 12.1 Å². The van der Waals surface area contributed by atoms with Crippen molar-refractivity contribution in [3.63, 3.8) is 0 Å². The van der Waals surface area contributed by atoms with E-state index in [4.69, 9.17) is 9.84 Å². The summed E-state index contributed by atoms with van der Waals surface area (Å²) in [5.74, 6) is 0.0128. The lowest BCUT2D eigenvalue weighted by molar-refractivity contribution is -0.134. The van der Waals surface area contributed by atoms with Gasteiger partial charge in [0.2, 0.25) is 0 Å². The average Bonchev–Trinajstić information content (AvgIpc) is 2.35. The largest absolute Gasteiger partial charge is 0.504 e. The Morgan fingerprint density at radius 1 is 1.47 bits per heavy atom. The zero-order chi connectivity index (χ0) is 12.8. The van der Waals surface area contributed by atoms with Crippen LogP contribution in [0.4, 0.5) is 0 Å². The first kappa shape index (κ1) is 13.3. The highest BCUT2D eigenvalue weighted by atomic mass is 16.5. The number of phenols is 1. The summed E-state index contributed by atoms with van der Waals surface area (Å²) in [6.45, 7) is 1.47. The summed E-state index contributed by atoms with van der Waals surface area (Å²) in [6.07, 6.45) is 0. The van der Waals surface area contributed by atoms with Crippen molar-refractivity contribution in [1.29, 1.82) is 0 Å². The minimum atomic E-state index is -0.255. The number of aliphatic hydroxyl groups is 1. The number of hydrogen-bond donors (Lipinski definition) is 2. The standard InChI is InChI=1S/C12H17NO4/c1-9(7-14)13(2)12(16)8-17-11-6-4-3-5-10(11)15/h3-6,9,14-15H,7-8H2,1-2H3. The predicted octanol–water partition coefficient (Wildman–Crippen LogP) is 0.610. The fraction of sp³-hybridized carbons (Fsp3) is 0.417. The van der Waals surface area contributed by atoms with Crippen molar-refractivity contribution in [2.24, 2.45) is 0 Å². The topological polar surface area (TPSA) is 70.0 Å². The van der Waals surface area contributed by atoms with E-state index >= 15 is 0 Å². The number of rotatable bonds is 5. The number of aliphatic hydroxyl groups excluding tert-OH is 1. The van der Waals surface area contributed by atoms with Gasteiger partial charge in [-0.05, 0) is 19.1 Å². The first-order valence-electron chi connectivity index (χ1n) is 5.33. The zero-order valence-corrected chi connectivity index (χ0v) is 9.96. The molecule has 0 spiro atoms.